The zero-order valence-electron chi connectivity index (χ0n) is 10.1. The first-order valence-corrected chi connectivity index (χ1v) is 6.08. The quantitative estimate of drug-likeness (QED) is 0.774. The van der Waals surface area contributed by atoms with Crippen LogP contribution in [-0.4, -0.2) is 49.3 Å². The molecule has 106 valence electrons. The molecule has 0 aromatic carbocycles. The third kappa shape index (κ3) is 4.80. The van der Waals surface area contributed by atoms with Crippen molar-refractivity contribution in [1.82, 2.24) is 10.2 Å². The normalized spacial score (nSPS) is 17.9. The summed E-state index contributed by atoms with van der Waals surface area (Å²) in [5, 5.41) is 2.10. The Morgan fingerprint density at radius 1 is 1.17 bits per heavy atom. The number of nitrogens with zero attached hydrogens (tertiary/aromatic N) is 1. The zero-order valence-corrected chi connectivity index (χ0v) is 10.1. The van der Waals surface area contributed by atoms with Gasteiger partial charge in [0, 0.05) is 13.1 Å². The van der Waals surface area contributed by atoms with Crippen LogP contribution in [0.5, 0.6) is 0 Å². The van der Waals surface area contributed by atoms with Crippen molar-refractivity contribution in [2.24, 2.45) is 0 Å². The fraction of sp³-hybridized carbons (Fsp3) is 0.909. The van der Waals surface area contributed by atoms with Crippen LogP contribution in [0.25, 0.3) is 0 Å². The molecule has 1 aliphatic heterocycles. The lowest BCUT2D eigenvalue weighted by Gasteiger charge is -2.21. The van der Waals surface area contributed by atoms with Gasteiger partial charge < -0.3 is 10.2 Å². The molecule has 7 heteroatoms. The van der Waals surface area contributed by atoms with Gasteiger partial charge in [0.2, 0.25) is 5.91 Å². The minimum atomic E-state index is -4.08. The number of rotatable bonds is 5. The number of amides is 1. The largest absolute Gasteiger partial charge is 0.342 e. The third-order valence-electron chi connectivity index (χ3n) is 2.91. The van der Waals surface area contributed by atoms with E-state index in [1.54, 1.807) is 4.90 Å². The molecule has 1 aliphatic rings. The molecule has 0 aromatic heterocycles. The van der Waals surface area contributed by atoms with Crippen LogP contribution in [-0.2, 0) is 4.79 Å². The van der Waals surface area contributed by atoms with Gasteiger partial charge in [-0.25, -0.2) is 8.78 Å². The Balaban J connectivity index is 2.28. The Labute approximate surface area is 104 Å². The standard InChI is InChI=1S/C11H18F4N2O/c12-10(13)11(14,15)8-16-7-9(18)17-5-3-1-2-4-6-17/h10,16H,1-8H2. The SMILES string of the molecule is O=C(CNCC(F)(F)C(F)F)N1CCCCCC1. The molecule has 0 aliphatic carbocycles. The Morgan fingerprint density at radius 2 is 1.72 bits per heavy atom. The van der Waals surface area contributed by atoms with E-state index in [2.05, 4.69) is 5.32 Å². The van der Waals surface area contributed by atoms with Crippen molar-refractivity contribution in [3.63, 3.8) is 0 Å². The number of hydrogen-bond donors (Lipinski definition) is 1. The summed E-state index contributed by atoms with van der Waals surface area (Å²) in [4.78, 5) is 13.2. The molecular weight excluding hydrogens is 252 g/mol. The van der Waals surface area contributed by atoms with Crippen molar-refractivity contribution < 1.29 is 22.4 Å². The van der Waals surface area contributed by atoms with Crippen LogP contribution in [0.1, 0.15) is 25.7 Å². The molecular formula is C11H18F4N2O. The molecule has 0 aromatic rings. The Morgan fingerprint density at radius 3 is 2.22 bits per heavy atom. The van der Waals surface area contributed by atoms with Crippen LogP contribution in [0, 0.1) is 0 Å². The molecule has 0 spiro atoms. The highest BCUT2D eigenvalue weighted by atomic mass is 19.3. The van der Waals surface area contributed by atoms with Crippen molar-refractivity contribution in [3.05, 3.63) is 0 Å². The van der Waals surface area contributed by atoms with E-state index in [0.717, 1.165) is 25.7 Å². The lowest BCUT2D eigenvalue weighted by Crippen LogP contribution is -2.44. The molecule has 1 amide bonds. The number of carbonyl (C=O) groups excluding carboxylic acids is 1. The zero-order chi connectivity index (χ0) is 13.6. The van der Waals surface area contributed by atoms with Gasteiger partial charge in [-0.1, -0.05) is 12.8 Å². The van der Waals surface area contributed by atoms with Crippen LogP contribution in [0.3, 0.4) is 0 Å². The summed E-state index contributed by atoms with van der Waals surface area (Å²) in [5.41, 5.74) is 0. The van der Waals surface area contributed by atoms with Gasteiger partial charge >= 0.3 is 12.3 Å². The summed E-state index contributed by atoms with van der Waals surface area (Å²) in [6.07, 6.45) is 0.206. The molecule has 1 fully saturated rings. The maximum absolute atomic E-state index is 12.6. The van der Waals surface area contributed by atoms with E-state index in [1.807, 2.05) is 0 Å². The predicted molar refractivity (Wildman–Crippen MR) is 58.9 cm³/mol. The number of carbonyl (C=O) groups is 1. The van der Waals surface area contributed by atoms with E-state index in [1.165, 1.54) is 0 Å². The number of hydrogen-bond acceptors (Lipinski definition) is 2. The van der Waals surface area contributed by atoms with Crippen LogP contribution in [0.2, 0.25) is 0 Å². The monoisotopic (exact) mass is 270 g/mol. The molecule has 1 rings (SSSR count). The van der Waals surface area contributed by atoms with E-state index in [-0.39, 0.29) is 12.5 Å². The second-order valence-electron chi connectivity index (χ2n) is 4.46. The number of halogens is 4. The molecule has 18 heavy (non-hydrogen) atoms. The highest BCUT2D eigenvalue weighted by molar-refractivity contribution is 5.78. The van der Waals surface area contributed by atoms with E-state index >= 15 is 0 Å². The van der Waals surface area contributed by atoms with Gasteiger partial charge in [0.05, 0.1) is 13.1 Å². The van der Waals surface area contributed by atoms with E-state index in [9.17, 15) is 22.4 Å². The maximum atomic E-state index is 12.6. The van der Waals surface area contributed by atoms with Gasteiger partial charge in [-0.2, -0.15) is 8.78 Å². The van der Waals surface area contributed by atoms with E-state index < -0.39 is 18.9 Å². The smallest absolute Gasteiger partial charge is 0.319 e. The maximum Gasteiger partial charge on any atom is 0.319 e. The Hall–Kier alpha value is -0.850. The molecule has 0 bridgehead atoms. The Kier molecular flexibility index (Phi) is 5.84. The molecule has 0 atom stereocenters. The predicted octanol–water partition coefficient (Wildman–Crippen LogP) is 1.88. The summed E-state index contributed by atoms with van der Waals surface area (Å²) in [6.45, 7) is -0.260. The van der Waals surface area contributed by atoms with Crippen LogP contribution >= 0.6 is 0 Å². The Bertz CT molecular complexity index is 266. The summed E-state index contributed by atoms with van der Waals surface area (Å²) < 4.78 is 48.9. The molecule has 3 nitrogen and oxygen atoms in total. The lowest BCUT2D eigenvalue weighted by atomic mass is 10.2. The average molecular weight is 270 g/mol. The number of nitrogens with one attached hydrogen (secondary N) is 1. The topological polar surface area (TPSA) is 32.3 Å². The fourth-order valence-corrected chi connectivity index (χ4v) is 1.85. The lowest BCUT2D eigenvalue weighted by molar-refractivity contribution is -0.134. The minimum Gasteiger partial charge on any atom is -0.342 e. The van der Waals surface area contributed by atoms with Crippen molar-refractivity contribution in [2.75, 3.05) is 26.2 Å². The van der Waals surface area contributed by atoms with Gasteiger partial charge in [-0.05, 0) is 12.8 Å². The molecule has 1 N–H and O–H groups in total. The summed E-state index contributed by atoms with van der Waals surface area (Å²) in [5.74, 6) is -4.39. The highest BCUT2D eigenvalue weighted by Crippen LogP contribution is 2.21. The first kappa shape index (κ1) is 15.2. The first-order chi connectivity index (χ1) is 8.43. The van der Waals surface area contributed by atoms with Gasteiger partial charge in [-0.15, -0.1) is 0 Å². The molecule has 0 saturated carbocycles. The van der Waals surface area contributed by atoms with Gasteiger partial charge in [0.15, 0.2) is 0 Å². The molecule has 1 heterocycles. The number of alkyl halides is 4. The van der Waals surface area contributed by atoms with Crippen LogP contribution in [0.4, 0.5) is 17.6 Å². The number of likely N-dealkylation sites (tertiary alicyclic amines) is 1. The van der Waals surface area contributed by atoms with Crippen molar-refractivity contribution in [3.8, 4) is 0 Å². The van der Waals surface area contributed by atoms with Crippen molar-refractivity contribution in [2.45, 2.75) is 38.0 Å². The summed E-state index contributed by atoms with van der Waals surface area (Å²) in [6, 6.07) is 0. The summed E-state index contributed by atoms with van der Waals surface area (Å²) in [7, 11) is 0. The molecule has 1 saturated heterocycles. The first-order valence-electron chi connectivity index (χ1n) is 6.08. The van der Waals surface area contributed by atoms with Gasteiger partial charge in [-0.3, -0.25) is 4.79 Å². The fourth-order valence-electron chi connectivity index (χ4n) is 1.85. The summed E-state index contributed by atoms with van der Waals surface area (Å²) >= 11 is 0. The van der Waals surface area contributed by atoms with Gasteiger partial charge in [0.1, 0.15) is 0 Å². The second kappa shape index (κ2) is 6.92. The minimum absolute atomic E-state index is 0.304. The van der Waals surface area contributed by atoms with E-state index in [4.69, 9.17) is 0 Å². The van der Waals surface area contributed by atoms with Crippen molar-refractivity contribution in [1.29, 1.82) is 0 Å². The van der Waals surface area contributed by atoms with E-state index in [0.29, 0.717) is 13.1 Å². The van der Waals surface area contributed by atoms with Crippen LogP contribution in [0.15, 0.2) is 0 Å². The van der Waals surface area contributed by atoms with Gasteiger partial charge in [0.25, 0.3) is 0 Å². The van der Waals surface area contributed by atoms with Crippen molar-refractivity contribution >= 4 is 5.91 Å². The highest BCUT2D eigenvalue weighted by Gasteiger charge is 2.40. The third-order valence-corrected chi connectivity index (χ3v) is 2.91. The second-order valence-corrected chi connectivity index (χ2v) is 4.46. The molecule has 0 unspecified atom stereocenters. The van der Waals surface area contributed by atoms with Crippen LogP contribution < -0.4 is 5.32 Å². The average Bonchev–Trinajstić information content (AvgIpc) is 2.56. The molecule has 0 radical (unpaired) electrons.